The number of likely N-dealkylation sites (N-methyl/N-ethyl adjacent to an activating group) is 1. The summed E-state index contributed by atoms with van der Waals surface area (Å²) in [6.45, 7) is 9.21. The van der Waals surface area contributed by atoms with Gasteiger partial charge in [-0.05, 0) is 67.5 Å². The van der Waals surface area contributed by atoms with Gasteiger partial charge < -0.3 is 23.9 Å². The van der Waals surface area contributed by atoms with Gasteiger partial charge in [-0.15, -0.1) is 0 Å². The van der Waals surface area contributed by atoms with Crippen LogP contribution in [0, 0.1) is 0 Å². The Hall–Kier alpha value is -2.65. The molecule has 0 bridgehead atoms. The minimum Gasteiger partial charge on any atom is -0.463 e. The van der Waals surface area contributed by atoms with Gasteiger partial charge in [-0.2, -0.15) is 9.97 Å². The van der Waals surface area contributed by atoms with E-state index in [1.165, 1.54) is 12.5 Å². The van der Waals surface area contributed by atoms with Crippen LogP contribution in [0.15, 0.2) is 39.9 Å². The zero-order valence-corrected chi connectivity index (χ0v) is 20.5. The number of ether oxygens (including phenoxy) is 1. The quantitative estimate of drug-likeness (QED) is 0.479. The van der Waals surface area contributed by atoms with Gasteiger partial charge in [0, 0.05) is 41.6 Å². The molecule has 1 amide bonds. The van der Waals surface area contributed by atoms with Crippen LogP contribution >= 0.6 is 15.9 Å². The van der Waals surface area contributed by atoms with Crippen LogP contribution in [-0.2, 0) is 4.79 Å². The van der Waals surface area contributed by atoms with Crippen molar-refractivity contribution in [1.29, 1.82) is 0 Å². The van der Waals surface area contributed by atoms with E-state index < -0.39 is 0 Å². The maximum atomic E-state index is 12.2. The fraction of sp³-hybridized carbons (Fsp3) is 0.458. The molecule has 2 aromatic heterocycles. The van der Waals surface area contributed by atoms with Gasteiger partial charge in [0.1, 0.15) is 18.0 Å². The van der Waals surface area contributed by atoms with E-state index in [-0.39, 0.29) is 11.9 Å². The molecule has 2 atom stereocenters. The highest BCUT2D eigenvalue weighted by Crippen LogP contribution is 2.38. The van der Waals surface area contributed by atoms with Gasteiger partial charge in [0.25, 0.3) is 0 Å². The van der Waals surface area contributed by atoms with Gasteiger partial charge in [0.15, 0.2) is 0 Å². The molecule has 2 aliphatic heterocycles. The first kappa shape index (κ1) is 22.2. The van der Waals surface area contributed by atoms with Crippen LogP contribution in [0.3, 0.4) is 0 Å². The first-order valence-corrected chi connectivity index (χ1v) is 12.1. The van der Waals surface area contributed by atoms with Crippen LogP contribution in [0.25, 0.3) is 21.9 Å². The first-order chi connectivity index (χ1) is 16.0. The maximum absolute atomic E-state index is 12.2. The standard InChI is InChI=1S/C24H28BrN5O3/c1-4-20(31)29-9-10-30(15(2)13-29)23-21-19(12-18(25)17-7-11-32-22(17)21)26-24(27-23)33-14-16-6-5-8-28(16)3/h4,7,11-12,15-16H,1,5-6,8-10,13-14H2,2-3H3/t15-,16-/m0/s1. The van der Waals surface area contributed by atoms with E-state index in [2.05, 4.69) is 46.3 Å². The monoisotopic (exact) mass is 513 g/mol. The summed E-state index contributed by atoms with van der Waals surface area (Å²) in [5.74, 6) is 0.733. The normalized spacial score (nSPS) is 21.8. The molecule has 2 aliphatic rings. The molecule has 0 spiro atoms. The van der Waals surface area contributed by atoms with E-state index in [0.29, 0.717) is 38.3 Å². The number of benzene rings is 1. The molecular formula is C24H28BrN5O3. The zero-order valence-electron chi connectivity index (χ0n) is 19.0. The number of nitrogens with zero attached hydrogens (tertiary/aromatic N) is 5. The van der Waals surface area contributed by atoms with Crippen LogP contribution in [-0.4, -0.2) is 77.6 Å². The van der Waals surface area contributed by atoms with E-state index >= 15 is 0 Å². The van der Waals surface area contributed by atoms with Crippen LogP contribution in [0.2, 0.25) is 0 Å². The Kier molecular flexibility index (Phi) is 6.01. The summed E-state index contributed by atoms with van der Waals surface area (Å²) < 4.78 is 12.9. The number of carbonyl (C=O) groups excluding carboxylic acids is 1. The molecule has 0 saturated carbocycles. The summed E-state index contributed by atoms with van der Waals surface area (Å²) >= 11 is 3.65. The lowest BCUT2D eigenvalue weighted by molar-refractivity contribution is -0.126. The third-order valence-electron chi connectivity index (χ3n) is 6.77. The fourth-order valence-corrected chi connectivity index (χ4v) is 5.42. The summed E-state index contributed by atoms with van der Waals surface area (Å²) in [6.07, 6.45) is 5.36. The average Bonchev–Trinajstić information content (AvgIpc) is 3.46. The van der Waals surface area contributed by atoms with E-state index in [0.717, 1.165) is 45.1 Å². The number of likely N-dealkylation sites (tertiary alicyclic amines) is 1. The highest BCUT2D eigenvalue weighted by atomic mass is 79.9. The Morgan fingerprint density at radius 3 is 2.94 bits per heavy atom. The van der Waals surface area contributed by atoms with Crippen LogP contribution < -0.4 is 9.64 Å². The van der Waals surface area contributed by atoms with E-state index in [1.54, 1.807) is 6.26 Å². The molecule has 5 rings (SSSR count). The Morgan fingerprint density at radius 1 is 1.36 bits per heavy atom. The average molecular weight is 514 g/mol. The third kappa shape index (κ3) is 4.08. The van der Waals surface area contributed by atoms with Gasteiger partial charge in [-0.25, -0.2) is 0 Å². The molecular weight excluding hydrogens is 486 g/mol. The lowest BCUT2D eigenvalue weighted by atomic mass is 10.1. The number of rotatable bonds is 5. The summed E-state index contributed by atoms with van der Waals surface area (Å²) in [7, 11) is 2.13. The van der Waals surface area contributed by atoms with Crippen molar-refractivity contribution in [2.24, 2.45) is 0 Å². The summed E-state index contributed by atoms with van der Waals surface area (Å²) in [6, 6.07) is 4.73. The number of furan rings is 1. The van der Waals surface area contributed by atoms with E-state index in [1.807, 2.05) is 17.0 Å². The van der Waals surface area contributed by atoms with E-state index in [9.17, 15) is 4.79 Å². The minimum absolute atomic E-state index is 0.0453. The molecule has 0 unspecified atom stereocenters. The van der Waals surface area contributed by atoms with Crippen LogP contribution in [0.1, 0.15) is 19.8 Å². The predicted octanol–water partition coefficient (Wildman–Crippen LogP) is 3.83. The molecule has 1 aromatic carbocycles. The summed E-state index contributed by atoms with van der Waals surface area (Å²) in [5.41, 5.74) is 1.51. The zero-order chi connectivity index (χ0) is 23.1. The maximum Gasteiger partial charge on any atom is 0.319 e. The fourth-order valence-electron chi connectivity index (χ4n) is 4.89. The van der Waals surface area contributed by atoms with Gasteiger partial charge in [0.2, 0.25) is 5.91 Å². The van der Waals surface area contributed by atoms with Crippen molar-refractivity contribution in [3.63, 3.8) is 0 Å². The number of piperazine rings is 1. The summed E-state index contributed by atoms with van der Waals surface area (Å²) in [5, 5.41) is 1.83. The molecule has 0 aliphatic carbocycles. The Morgan fingerprint density at radius 2 is 2.21 bits per heavy atom. The molecule has 0 radical (unpaired) electrons. The Labute approximate surface area is 201 Å². The van der Waals surface area contributed by atoms with Crippen molar-refractivity contribution in [2.45, 2.75) is 31.8 Å². The molecule has 33 heavy (non-hydrogen) atoms. The lowest BCUT2D eigenvalue weighted by Gasteiger charge is -2.40. The molecule has 8 nitrogen and oxygen atoms in total. The second-order valence-electron chi connectivity index (χ2n) is 8.86. The highest BCUT2D eigenvalue weighted by molar-refractivity contribution is 9.10. The smallest absolute Gasteiger partial charge is 0.319 e. The largest absolute Gasteiger partial charge is 0.463 e. The molecule has 4 heterocycles. The number of fused-ring (bicyclic) bond motifs is 3. The van der Waals surface area contributed by atoms with Crippen LogP contribution in [0.5, 0.6) is 6.01 Å². The molecule has 3 aromatic rings. The molecule has 9 heteroatoms. The van der Waals surface area contributed by atoms with Crippen LogP contribution in [0.4, 0.5) is 5.82 Å². The van der Waals surface area contributed by atoms with Gasteiger partial charge >= 0.3 is 6.01 Å². The number of carbonyl (C=O) groups is 1. The Balaban J connectivity index is 1.55. The number of amides is 1. The van der Waals surface area contributed by atoms with E-state index in [4.69, 9.17) is 19.1 Å². The van der Waals surface area contributed by atoms with Crippen molar-refractivity contribution in [3.05, 3.63) is 35.5 Å². The molecule has 174 valence electrons. The summed E-state index contributed by atoms with van der Waals surface area (Å²) in [4.78, 5) is 28.2. The van der Waals surface area contributed by atoms with Gasteiger partial charge in [-0.1, -0.05) is 6.58 Å². The van der Waals surface area contributed by atoms with Crippen molar-refractivity contribution >= 4 is 49.5 Å². The number of halogens is 1. The third-order valence-corrected chi connectivity index (χ3v) is 7.43. The van der Waals surface area contributed by atoms with Crippen molar-refractivity contribution in [1.82, 2.24) is 19.8 Å². The van der Waals surface area contributed by atoms with Crippen molar-refractivity contribution < 1.29 is 13.9 Å². The Bertz CT molecular complexity index is 1210. The van der Waals surface area contributed by atoms with Crippen molar-refractivity contribution in [2.75, 3.05) is 44.7 Å². The first-order valence-electron chi connectivity index (χ1n) is 11.3. The predicted molar refractivity (Wildman–Crippen MR) is 132 cm³/mol. The number of hydrogen-bond acceptors (Lipinski definition) is 7. The molecule has 2 fully saturated rings. The lowest BCUT2D eigenvalue weighted by Crippen LogP contribution is -2.53. The number of aromatic nitrogens is 2. The second-order valence-corrected chi connectivity index (χ2v) is 9.72. The molecule has 0 N–H and O–H groups in total. The minimum atomic E-state index is -0.0453. The second kappa shape index (κ2) is 8.95. The molecule has 2 saturated heterocycles. The SMILES string of the molecule is C=CC(=O)N1CCN(c2nc(OC[C@@H]3CCCN3C)nc3cc(Br)c4ccoc4c23)[C@@H](C)C1. The van der Waals surface area contributed by atoms with Gasteiger partial charge in [-0.3, -0.25) is 4.79 Å². The number of anilines is 1. The topological polar surface area (TPSA) is 74.9 Å². The van der Waals surface area contributed by atoms with Crippen molar-refractivity contribution in [3.8, 4) is 6.01 Å². The van der Waals surface area contributed by atoms with Gasteiger partial charge in [0.05, 0.1) is 17.2 Å². The number of hydrogen-bond donors (Lipinski definition) is 0. The highest BCUT2D eigenvalue weighted by Gasteiger charge is 2.30.